The largest absolute Gasteiger partial charge is 0.338 e. The number of H-pyrrole nitrogens is 1. The third-order valence-electron chi connectivity index (χ3n) is 4.43. The van der Waals surface area contributed by atoms with Crippen molar-refractivity contribution in [3.63, 3.8) is 0 Å². The first-order chi connectivity index (χ1) is 12.7. The molecule has 1 heterocycles. The molecule has 3 aromatic carbocycles. The summed E-state index contributed by atoms with van der Waals surface area (Å²) in [7, 11) is 0. The van der Waals surface area contributed by atoms with E-state index in [1.54, 1.807) is 0 Å². The fourth-order valence-corrected chi connectivity index (χ4v) is 2.90. The van der Waals surface area contributed by atoms with Gasteiger partial charge in [-0.3, -0.25) is 4.79 Å². The lowest BCUT2D eigenvalue weighted by atomic mass is 10.1. The van der Waals surface area contributed by atoms with Crippen LogP contribution in [0.1, 0.15) is 22.8 Å². The Morgan fingerprint density at radius 3 is 2.38 bits per heavy atom. The van der Waals surface area contributed by atoms with Crippen molar-refractivity contribution in [2.24, 2.45) is 0 Å². The Balaban J connectivity index is 1.52. The number of anilines is 1. The average molecular weight is 341 g/mol. The Morgan fingerprint density at radius 1 is 0.962 bits per heavy atom. The molecule has 0 unspecified atom stereocenters. The minimum atomic E-state index is -0.120. The van der Waals surface area contributed by atoms with Crippen molar-refractivity contribution in [1.29, 1.82) is 0 Å². The van der Waals surface area contributed by atoms with Crippen molar-refractivity contribution in [2.45, 2.75) is 13.3 Å². The molecule has 0 aliphatic heterocycles. The van der Waals surface area contributed by atoms with E-state index in [4.69, 9.17) is 0 Å². The van der Waals surface area contributed by atoms with Gasteiger partial charge in [0.05, 0.1) is 11.0 Å². The van der Waals surface area contributed by atoms with E-state index in [-0.39, 0.29) is 5.91 Å². The summed E-state index contributed by atoms with van der Waals surface area (Å²) in [5.41, 5.74) is 5.54. The number of nitrogens with one attached hydrogen (secondary N) is 2. The molecular weight excluding hydrogens is 322 g/mol. The van der Waals surface area contributed by atoms with Gasteiger partial charge in [-0.2, -0.15) is 0 Å². The number of aromatic nitrogens is 2. The average Bonchev–Trinajstić information content (AvgIpc) is 3.13. The molecule has 4 aromatic rings. The summed E-state index contributed by atoms with van der Waals surface area (Å²) in [6.07, 6.45) is 0.984. The van der Waals surface area contributed by atoms with Gasteiger partial charge < -0.3 is 10.3 Å². The van der Waals surface area contributed by atoms with E-state index in [9.17, 15) is 4.79 Å². The Labute approximate surface area is 151 Å². The summed E-state index contributed by atoms with van der Waals surface area (Å²) in [6.45, 7) is 2.11. The predicted octanol–water partition coefficient (Wildman–Crippen LogP) is 5.04. The van der Waals surface area contributed by atoms with Crippen LogP contribution in [0, 0.1) is 0 Å². The Morgan fingerprint density at radius 2 is 1.69 bits per heavy atom. The lowest BCUT2D eigenvalue weighted by molar-refractivity contribution is 0.102. The minimum absolute atomic E-state index is 0.120. The fraction of sp³-hybridized carbons (Fsp3) is 0.0909. The molecule has 1 aromatic heterocycles. The molecule has 0 aliphatic carbocycles. The van der Waals surface area contributed by atoms with Crippen LogP contribution in [0.5, 0.6) is 0 Å². The van der Waals surface area contributed by atoms with E-state index in [0.29, 0.717) is 5.56 Å². The molecule has 26 heavy (non-hydrogen) atoms. The molecule has 1 amide bonds. The summed E-state index contributed by atoms with van der Waals surface area (Å²) in [5, 5.41) is 2.93. The van der Waals surface area contributed by atoms with Crippen LogP contribution < -0.4 is 5.32 Å². The third kappa shape index (κ3) is 3.22. The summed E-state index contributed by atoms with van der Waals surface area (Å²) < 4.78 is 0. The number of rotatable bonds is 4. The van der Waals surface area contributed by atoms with Crippen LogP contribution in [0.15, 0.2) is 72.8 Å². The highest BCUT2D eigenvalue weighted by Crippen LogP contribution is 2.21. The number of aromatic amines is 1. The summed E-state index contributed by atoms with van der Waals surface area (Å²) >= 11 is 0. The smallest absolute Gasteiger partial charge is 0.255 e. The number of aryl methyl sites for hydroxylation is 1. The number of para-hydroxylation sites is 2. The lowest BCUT2D eigenvalue weighted by Crippen LogP contribution is -2.11. The number of hydrogen-bond donors (Lipinski definition) is 2. The van der Waals surface area contributed by atoms with Crippen LogP contribution in [-0.2, 0) is 6.42 Å². The van der Waals surface area contributed by atoms with Crippen molar-refractivity contribution in [3.8, 4) is 11.4 Å². The normalized spacial score (nSPS) is 10.8. The second-order valence-corrected chi connectivity index (χ2v) is 6.18. The number of hydrogen-bond acceptors (Lipinski definition) is 2. The van der Waals surface area contributed by atoms with E-state index < -0.39 is 0 Å². The van der Waals surface area contributed by atoms with Gasteiger partial charge in [0.15, 0.2) is 0 Å². The number of fused-ring (bicyclic) bond motifs is 1. The van der Waals surface area contributed by atoms with Gasteiger partial charge in [-0.1, -0.05) is 43.3 Å². The van der Waals surface area contributed by atoms with Crippen LogP contribution in [0.25, 0.3) is 22.4 Å². The number of amides is 1. The molecule has 4 rings (SSSR count). The second kappa shape index (κ2) is 6.84. The van der Waals surface area contributed by atoms with Crippen LogP contribution in [0.3, 0.4) is 0 Å². The van der Waals surface area contributed by atoms with Crippen molar-refractivity contribution in [1.82, 2.24) is 9.97 Å². The van der Waals surface area contributed by atoms with E-state index >= 15 is 0 Å². The van der Waals surface area contributed by atoms with Gasteiger partial charge >= 0.3 is 0 Å². The number of carbonyl (C=O) groups excluding carboxylic acids is 1. The van der Waals surface area contributed by atoms with Crippen molar-refractivity contribution in [2.75, 3.05) is 5.32 Å². The SMILES string of the molecule is CCc1ccc(NC(=O)c2ccc(-c3nc4ccccc4[nH]3)cc2)cc1. The van der Waals surface area contributed by atoms with Gasteiger partial charge in [0, 0.05) is 16.8 Å². The summed E-state index contributed by atoms with van der Waals surface area (Å²) in [4.78, 5) is 20.3. The second-order valence-electron chi connectivity index (χ2n) is 6.18. The molecule has 0 aliphatic rings. The zero-order valence-corrected chi connectivity index (χ0v) is 14.5. The van der Waals surface area contributed by atoms with Crippen molar-refractivity contribution < 1.29 is 4.79 Å². The van der Waals surface area contributed by atoms with Gasteiger partial charge in [0.25, 0.3) is 5.91 Å². The Hall–Kier alpha value is -3.40. The van der Waals surface area contributed by atoms with Crippen molar-refractivity contribution >= 4 is 22.6 Å². The molecule has 0 radical (unpaired) electrons. The molecule has 0 atom stereocenters. The third-order valence-corrected chi connectivity index (χ3v) is 4.43. The van der Waals surface area contributed by atoms with Gasteiger partial charge in [0.2, 0.25) is 0 Å². The number of imidazole rings is 1. The molecule has 0 fully saturated rings. The van der Waals surface area contributed by atoms with Crippen LogP contribution in [0.4, 0.5) is 5.69 Å². The lowest BCUT2D eigenvalue weighted by Gasteiger charge is -2.06. The maximum absolute atomic E-state index is 12.4. The van der Waals surface area contributed by atoms with Gasteiger partial charge in [-0.25, -0.2) is 4.98 Å². The molecule has 0 spiro atoms. The van der Waals surface area contributed by atoms with Gasteiger partial charge in [-0.15, -0.1) is 0 Å². The first kappa shape index (κ1) is 16.1. The van der Waals surface area contributed by atoms with E-state index in [2.05, 4.69) is 22.2 Å². The first-order valence-corrected chi connectivity index (χ1v) is 8.68. The van der Waals surface area contributed by atoms with Gasteiger partial charge in [-0.05, 0) is 48.4 Å². The number of nitrogens with zero attached hydrogens (tertiary/aromatic N) is 1. The monoisotopic (exact) mass is 341 g/mol. The quantitative estimate of drug-likeness (QED) is 0.546. The summed E-state index contributed by atoms with van der Waals surface area (Å²) in [6, 6.07) is 23.3. The minimum Gasteiger partial charge on any atom is -0.338 e. The molecule has 128 valence electrons. The number of carbonyl (C=O) groups is 1. The molecule has 4 heteroatoms. The standard InChI is InChI=1S/C22H19N3O/c1-2-15-7-13-18(14-8-15)23-22(26)17-11-9-16(10-12-17)21-24-19-5-3-4-6-20(19)25-21/h3-14H,2H2,1H3,(H,23,26)(H,24,25). The van der Waals surface area contributed by atoms with E-state index in [1.807, 2.05) is 72.8 Å². The fourth-order valence-electron chi connectivity index (χ4n) is 2.90. The summed E-state index contributed by atoms with van der Waals surface area (Å²) in [5.74, 6) is 0.679. The number of benzene rings is 3. The van der Waals surface area contributed by atoms with Gasteiger partial charge in [0.1, 0.15) is 5.82 Å². The first-order valence-electron chi connectivity index (χ1n) is 8.68. The van der Waals surface area contributed by atoms with Crippen LogP contribution in [0.2, 0.25) is 0 Å². The van der Waals surface area contributed by atoms with E-state index in [0.717, 1.165) is 34.5 Å². The predicted molar refractivity (Wildman–Crippen MR) is 105 cm³/mol. The molecule has 0 bridgehead atoms. The highest BCUT2D eigenvalue weighted by molar-refractivity contribution is 6.04. The Kier molecular flexibility index (Phi) is 4.23. The maximum Gasteiger partial charge on any atom is 0.255 e. The molecule has 0 saturated carbocycles. The van der Waals surface area contributed by atoms with Crippen LogP contribution >= 0.6 is 0 Å². The molecule has 4 nitrogen and oxygen atoms in total. The highest BCUT2D eigenvalue weighted by Gasteiger charge is 2.09. The maximum atomic E-state index is 12.4. The van der Waals surface area contributed by atoms with Crippen LogP contribution in [-0.4, -0.2) is 15.9 Å². The van der Waals surface area contributed by atoms with E-state index in [1.165, 1.54) is 5.56 Å². The Bertz CT molecular complexity index is 1010. The zero-order valence-electron chi connectivity index (χ0n) is 14.5. The molecule has 0 saturated heterocycles. The topological polar surface area (TPSA) is 57.8 Å². The molecular formula is C22H19N3O. The highest BCUT2D eigenvalue weighted by atomic mass is 16.1. The zero-order chi connectivity index (χ0) is 17.9. The molecule has 2 N–H and O–H groups in total. The van der Waals surface area contributed by atoms with Crippen molar-refractivity contribution in [3.05, 3.63) is 83.9 Å².